The molecule has 3 aromatic carbocycles. The van der Waals surface area contributed by atoms with Crippen LogP contribution in [-0.2, 0) is 11.2 Å². The number of halogens is 2. The molecule has 0 fully saturated rings. The summed E-state index contributed by atoms with van der Waals surface area (Å²) in [5, 5.41) is 10.1. The van der Waals surface area contributed by atoms with E-state index in [1.807, 2.05) is 37.2 Å². The third-order valence-electron chi connectivity index (χ3n) is 7.78. The summed E-state index contributed by atoms with van der Waals surface area (Å²) in [5.74, 6) is -1.13. The van der Waals surface area contributed by atoms with Gasteiger partial charge in [0.25, 0.3) is 0 Å². The van der Waals surface area contributed by atoms with Crippen molar-refractivity contribution in [3.8, 4) is 11.4 Å². The van der Waals surface area contributed by atoms with Crippen LogP contribution in [0.25, 0.3) is 5.69 Å². The third kappa shape index (κ3) is 5.21. The maximum Gasteiger partial charge on any atom is 0.377 e. The van der Waals surface area contributed by atoms with Gasteiger partial charge < -0.3 is 15.0 Å². The van der Waals surface area contributed by atoms with Crippen molar-refractivity contribution in [2.24, 2.45) is 0 Å². The van der Waals surface area contributed by atoms with Crippen LogP contribution in [0.15, 0.2) is 71.7 Å². The number of hydrogen-bond donors (Lipinski definition) is 1. The minimum absolute atomic E-state index is 0.131. The maximum atomic E-state index is 14.3. The molecule has 3 heterocycles. The highest BCUT2D eigenvalue weighted by molar-refractivity contribution is 5.98. The SMILES string of the molecule is C=C1CC(CC(=O)Nc2cccc3c2CCCN3C(=O)n2nnn(-c3c(F)cccc3F)c2=O)c2ccc(N(C)C)cc2O1. The number of ether oxygens (including phenoxy) is 1. The van der Waals surface area contributed by atoms with Crippen molar-refractivity contribution in [2.75, 3.05) is 35.8 Å². The van der Waals surface area contributed by atoms with Gasteiger partial charge >= 0.3 is 11.7 Å². The van der Waals surface area contributed by atoms with Crippen molar-refractivity contribution in [1.82, 2.24) is 19.8 Å². The predicted octanol–water partition coefficient (Wildman–Crippen LogP) is 4.60. The Morgan fingerprint density at radius 2 is 1.84 bits per heavy atom. The van der Waals surface area contributed by atoms with E-state index >= 15 is 0 Å². The lowest BCUT2D eigenvalue weighted by Gasteiger charge is -2.30. The van der Waals surface area contributed by atoms with E-state index in [9.17, 15) is 23.2 Å². The second kappa shape index (κ2) is 11.4. The zero-order valence-corrected chi connectivity index (χ0v) is 24.1. The van der Waals surface area contributed by atoms with Gasteiger partial charge in [0.05, 0.1) is 11.4 Å². The van der Waals surface area contributed by atoms with E-state index in [0.29, 0.717) is 57.1 Å². The molecule has 4 aromatic rings. The van der Waals surface area contributed by atoms with Crippen LogP contribution in [0.4, 0.5) is 30.6 Å². The largest absolute Gasteiger partial charge is 0.462 e. The van der Waals surface area contributed by atoms with Gasteiger partial charge in [0.15, 0.2) is 11.6 Å². The first kappa shape index (κ1) is 28.8. The predicted molar refractivity (Wildman–Crippen MR) is 160 cm³/mol. The monoisotopic (exact) mass is 601 g/mol. The number of hydrogen-bond acceptors (Lipinski definition) is 7. The Labute approximate surface area is 250 Å². The van der Waals surface area contributed by atoms with Crippen molar-refractivity contribution < 1.29 is 23.1 Å². The molecule has 44 heavy (non-hydrogen) atoms. The minimum Gasteiger partial charge on any atom is -0.462 e. The van der Waals surface area contributed by atoms with E-state index in [1.54, 1.807) is 18.2 Å². The number of amides is 2. The Hall–Kier alpha value is -5.33. The summed E-state index contributed by atoms with van der Waals surface area (Å²) >= 11 is 0. The number of para-hydroxylation sites is 1. The zero-order chi connectivity index (χ0) is 31.1. The van der Waals surface area contributed by atoms with Crippen LogP contribution in [-0.4, -0.2) is 52.4 Å². The molecular weight excluding hydrogens is 572 g/mol. The molecule has 1 N–H and O–H groups in total. The van der Waals surface area contributed by atoms with Crippen molar-refractivity contribution in [1.29, 1.82) is 0 Å². The van der Waals surface area contributed by atoms with E-state index in [0.717, 1.165) is 29.4 Å². The molecule has 0 saturated carbocycles. The van der Waals surface area contributed by atoms with E-state index < -0.39 is 29.0 Å². The second-order valence-electron chi connectivity index (χ2n) is 10.9. The number of rotatable bonds is 5. The highest BCUT2D eigenvalue weighted by atomic mass is 19.1. The molecule has 13 heteroatoms. The van der Waals surface area contributed by atoms with E-state index in [2.05, 4.69) is 22.3 Å². The first-order valence-electron chi connectivity index (χ1n) is 14.0. The molecule has 1 unspecified atom stereocenters. The fourth-order valence-corrected chi connectivity index (χ4v) is 5.67. The number of carbonyl (C=O) groups excluding carboxylic acids is 2. The molecule has 1 atom stereocenters. The summed E-state index contributed by atoms with van der Waals surface area (Å²) in [5.41, 5.74) is 1.80. The highest BCUT2D eigenvalue weighted by Crippen LogP contribution is 2.41. The summed E-state index contributed by atoms with van der Waals surface area (Å²) in [4.78, 5) is 43.1. The fourth-order valence-electron chi connectivity index (χ4n) is 5.67. The van der Waals surface area contributed by atoms with Crippen LogP contribution in [0.3, 0.4) is 0 Å². The van der Waals surface area contributed by atoms with E-state index in [4.69, 9.17) is 4.74 Å². The zero-order valence-electron chi connectivity index (χ0n) is 24.1. The van der Waals surface area contributed by atoms with Crippen molar-refractivity contribution in [2.45, 2.75) is 31.6 Å². The van der Waals surface area contributed by atoms with Gasteiger partial charge in [0.1, 0.15) is 11.4 Å². The lowest BCUT2D eigenvalue weighted by atomic mass is 9.88. The molecule has 11 nitrogen and oxygen atoms in total. The molecular formula is C31H29F2N7O4. The molecule has 2 aliphatic rings. The maximum absolute atomic E-state index is 14.3. The standard InChI is InChI=1S/C31H29F2N7O4/c1-18-15-19(21-13-12-20(37(2)3)17-27(21)44-18)16-28(41)34-25-10-5-11-26-22(25)7-6-14-38(26)30(42)40-31(43)39(35-36-40)29-23(32)8-4-9-24(29)33/h4-5,8-13,17,19H,1,6-7,14-16H2,2-3H3,(H,34,41). The lowest BCUT2D eigenvalue weighted by molar-refractivity contribution is -0.116. The first-order valence-corrected chi connectivity index (χ1v) is 14.0. The van der Waals surface area contributed by atoms with Gasteiger partial charge in [-0.3, -0.25) is 9.69 Å². The van der Waals surface area contributed by atoms with Gasteiger partial charge in [-0.1, -0.05) is 24.8 Å². The summed E-state index contributed by atoms with van der Waals surface area (Å²) in [6, 6.07) is 13.3. The highest BCUT2D eigenvalue weighted by Gasteiger charge is 2.31. The van der Waals surface area contributed by atoms with E-state index in [1.165, 1.54) is 4.90 Å². The number of tetrazole rings is 1. The molecule has 2 aliphatic heterocycles. The summed E-state index contributed by atoms with van der Waals surface area (Å²) in [7, 11) is 3.88. The average Bonchev–Trinajstić information content (AvgIpc) is 3.36. The first-order chi connectivity index (χ1) is 21.1. The number of nitrogens with one attached hydrogen (secondary N) is 1. The number of anilines is 3. The Bertz CT molecular complexity index is 1850. The molecule has 0 aliphatic carbocycles. The number of nitrogens with zero attached hydrogens (tertiary/aromatic N) is 6. The van der Waals surface area contributed by atoms with Crippen LogP contribution in [0, 0.1) is 11.6 Å². The van der Waals surface area contributed by atoms with Gasteiger partial charge in [-0.25, -0.2) is 18.4 Å². The van der Waals surface area contributed by atoms with E-state index in [-0.39, 0.29) is 24.8 Å². The van der Waals surface area contributed by atoms with Gasteiger partial charge in [-0.05, 0) is 64.7 Å². The molecule has 0 radical (unpaired) electrons. The van der Waals surface area contributed by atoms with Crippen LogP contribution >= 0.6 is 0 Å². The minimum atomic E-state index is -1.12. The van der Waals surface area contributed by atoms with Crippen molar-refractivity contribution in [3.63, 3.8) is 0 Å². The van der Waals surface area contributed by atoms with Gasteiger partial charge in [-0.15, -0.1) is 4.68 Å². The Balaban J connectivity index is 1.23. The van der Waals surface area contributed by atoms with Crippen molar-refractivity contribution in [3.05, 3.63) is 100 Å². The average molecular weight is 602 g/mol. The molecule has 0 spiro atoms. The Kier molecular flexibility index (Phi) is 7.45. The number of benzene rings is 3. The summed E-state index contributed by atoms with van der Waals surface area (Å²) in [6.45, 7) is 4.25. The lowest BCUT2D eigenvalue weighted by Crippen LogP contribution is -2.43. The van der Waals surface area contributed by atoms with Gasteiger partial charge in [-0.2, -0.15) is 4.68 Å². The Morgan fingerprint density at radius 1 is 1.09 bits per heavy atom. The van der Waals surface area contributed by atoms with Crippen LogP contribution in [0.5, 0.6) is 5.75 Å². The summed E-state index contributed by atoms with van der Waals surface area (Å²) in [6.07, 6.45) is 1.80. The topological polar surface area (TPSA) is 115 Å². The molecule has 1 aromatic heterocycles. The number of fused-ring (bicyclic) bond motifs is 2. The molecule has 6 rings (SSSR count). The second-order valence-corrected chi connectivity index (χ2v) is 10.9. The summed E-state index contributed by atoms with van der Waals surface area (Å²) < 4.78 is 35.3. The van der Waals surface area contributed by atoms with Gasteiger partial charge in [0.2, 0.25) is 5.91 Å². The van der Waals surface area contributed by atoms with Crippen LogP contribution < -0.4 is 25.5 Å². The van der Waals surface area contributed by atoms with Gasteiger partial charge in [0, 0.05) is 56.8 Å². The quantitative estimate of drug-likeness (QED) is 0.333. The van der Waals surface area contributed by atoms with Crippen molar-refractivity contribution >= 4 is 29.0 Å². The fraction of sp³-hybridized carbons (Fsp3) is 0.258. The number of carbonyl (C=O) groups is 2. The number of allylic oxidation sites excluding steroid dienone is 1. The molecule has 0 saturated heterocycles. The molecule has 226 valence electrons. The third-order valence-corrected chi connectivity index (χ3v) is 7.78. The van der Waals surface area contributed by atoms with Crippen LogP contribution in [0.1, 0.15) is 36.3 Å². The molecule has 0 bridgehead atoms. The normalized spacial score (nSPS) is 15.7. The smallest absolute Gasteiger partial charge is 0.377 e. The Morgan fingerprint density at radius 3 is 2.59 bits per heavy atom. The molecule has 2 amide bonds. The number of aromatic nitrogens is 4. The van der Waals surface area contributed by atoms with Crippen LogP contribution in [0.2, 0.25) is 0 Å².